The number of hydrogen-bond donors (Lipinski definition) is 2. The van der Waals surface area contributed by atoms with Gasteiger partial charge in [-0.3, -0.25) is 4.98 Å². The van der Waals surface area contributed by atoms with Gasteiger partial charge < -0.3 is 10.8 Å². The van der Waals surface area contributed by atoms with Crippen LogP contribution >= 0.6 is 0 Å². The second-order valence-corrected chi connectivity index (χ2v) is 3.72. The van der Waals surface area contributed by atoms with Crippen molar-refractivity contribution in [2.45, 2.75) is 12.5 Å². The summed E-state index contributed by atoms with van der Waals surface area (Å²) in [7, 11) is 0. The predicted octanol–water partition coefficient (Wildman–Crippen LogP) is 0.796. The van der Waals surface area contributed by atoms with Crippen LogP contribution < -0.4 is 5.73 Å². The first-order valence-corrected chi connectivity index (χ1v) is 4.78. The third-order valence-corrected chi connectivity index (χ3v) is 2.40. The summed E-state index contributed by atoms with van der Waals surface area (Å²) >= 11 is 0. The molecule has 0 radical (unpaired) electrons. The van der Waals surface area contributed by atoms with Crippen LogP contribution in [0, 0.1) is 0 Å². The molecule has 78 valence electrons. The second kappa shape index (κ2) is 3.56. The lowest BCUT2D eigenvalue weighted by atomic mass is 10.0. The summed E-state index contributed by atoms with van der Waals surface area (Å²) in [5.41, 5.74) is 6.44. The normalized spacial score (nSPS) is 15.1. The molecule has 0 amide bonds. The predicted molar refractivity (Wildman–Crippen MR) is 58.2 cm³/mol. The average molecular weight is 203 g/mol. The monoisotopic (exact) mass is 203 g/mol. The van der Waals surface area contributed by atoms with Crippen LogP contribution in [-0.4, -0.2) is 21.6 Å². The van der Waals surface area contributed by atoms with E-state index in [2.05, 4.69) is 9.97 Å². The van der Waals surface area contributed by atoms with Crippen LogP contribution in [0.2, 0.25) is 0 Å². The third-order valence-electron chi connectivity index (χ3n) is 2.40. The van der Waals surface area contributed by atoms with Crippen LogP contribution in [0.15, 0.2) is 30.5 Å². The number of nitrogens with two attached hydrogens (primary N) is 1. The maximum atomic E-state index is 9.93. The molecule has 0 aliphatic rings. The molecule has 0 saturated heterocycles. The molecule has 1 unspecified atom stereocenters. The summed E-state index contributed by atoms with van der Waals surface area (Å²) in [4.78, 5) is 8.54. The van der Waals surface area contributed by atoms with Crippen molar-refractivity contribution in [3.05, 3.63) is 36.2 Å². The van der Waals surface area contributed by atoms with Crippen LogP contribution in [-0.2, 0) is 5.60 Å². The zero-order valence-corrected chi connectivity index (χ0v) is 8.51. The van der Waals surface area contributed by atoms with Crippen molar-refractivity contribution in [1.29, 1.82) is 0 Å². The number of aliphatic hydroxyl groups is 1. The van der Waals surface area contributed by atoms with Crippen LogP contribution in [0.25, 0.3) is 11.0 Å². The van der Waals surface area contributed by atoms with E-state index in [1.807, 2.05) is 24.3 Å². The summed E-state index contributed by atoms with van der Waals surface area (Å²) in [5, 5.41) is 9.93. The molecule has 0 aliphatic heterocycles. The molecule has 0 saturated carbocycles. The number of nitrogens with zero attached hydrogens (tertiary/aromatic N) is 2. The van der Waals surface area contributed by atoms with Gasteiger partial charge in [-0.25, -0.2) is 4.98 Å². The van der Waals surface area contributed by atoms with Gasteiger partial charge in [-0.2, -0.15) is 0 Å². The molecule has 1 atom stereocenters. The highest BCUT2D eigenvalue weighted by Crippen LogP contribution is 2.18. The molecule has 1 aromatic heterocycles. The van der Waals surface area contributed by atoms with E-state index in [-0.39, 0.29) is 6.54 Å². The molecule has 4 heteroatoms. The quantitative estimate of drug-likeness (QED) is 0.757. The number of fused-ring (bicyclic) bond motifs is 1. The number of aromatic nitrogens is 2. The first-order chi connectivity index (χ1) is 7.13. The number of para-hydroxylation sites is 2. The van der Waals surface area contributed by atoms with E-state index < -0.39 is 5.60 Å². The zero-order valence-electron chi connectivity index (χ0n) is 8.51. The summed E-state index contributed by atoms with van der Waals surface area (Å²) in [5.74, 6) is 0. The number of rotatable bonds is 2. The molecule has 0 fully saturated rings. The Morgan fingerprint density at radius 3 is 2.67 bits per heavy atom. The Balaban J connectivity index is 2.56. The van der Waals surface area contributed by atoms with E-state index in [9.17, 15) is 5.11 Å². The highest BCUT2D eigenvalue weighted by atomic mass is 16.3. The Bertz CT molecular complexity index is 482. The molecule has 0 bridgehead atoms. The molecule has 15 heavy (non-hydrogen) atoms. The molecule has 0 aliphatic carbocycles. The lowest BCUT2D eigenvalue weighted by Crippen LogP contribution is -2.32. The van der Waals surface area contributed by atoms with Gasteiger partial charge in [0.25, 0.3) is 0 Å². The van der Waals surface area contributed by atoms with Crippen LogP contribution in [0.5, 0.6) is 0 Å². The van der Waals surface area contributed by atoms with E-state index in [1.54, 1.807) is 13.1 Å². The standard InChI is InChI=1S/C11H13N3O/c1-11(15,7-12)10-6-13-8-4-2-3-5-9(8)14-10/h2-6,15H,7,12H2,1H3. The van der Waals surface area contributed by atoms with Crippen molar-refractivity contribution >= 4 is 11.0 Å². The summed E-state index contributed by atoms with van der Waals surface area (Å²) in [6.45, 7) is 1.76. The van der Waals surface area contributed by atoms with Gasteiger partial charge in [0.05, 0.1) is 22.9 Å². The van der Waals surface area contributed by atoms with Crippen molar-refractivity contribution in [3.8, 4) is 0 Å². The van der Waals surface area contributed by atoms with Crippen molar-refractivity contribution in [2.24, 2.45) is 5.73 Å². The SMILES string of the molecule is CC(O)(CN)c1cnc2ccccc2n1. The molecule has 2 aromatic rings. The van der Waals surface area contributed by atoms with Gasteiger partial charge in [-0.05, 0) is 19.1 Å². The molecular weight excluding hydrogens is 190 g/mol. The van der Waals surface area contributed by atoms with Gasteiger partial charge in [0.15, 0.2) is 0 Å². The van der Waals surface area contributed by atoms with E-state index in [0.29, 0.717) is 5.69 Å². The van der Waals surface area contributed by atoms with Gasteiger partial charge in [0.2, 0.25) is 0 Å². The highest BCUT2D eigenvalue weighted by molar-refractivity contribution is 5.73. The highest BCUT2D eigenvalue weighted by Gasteiger charge is 2.23. The second-order valence-electron chi connectivity index (χ2n) is 3.72. The minimum absolute atomic E-state index is 0.125. The number of hydrogen-bond acceptors (Lipinski definition) is 4. The van der Waals surface area contributed by atoms with Crippen molar-refractivity contribution in [1.82, 2.24) is 9.97 Å². The fourth-order valence-electron chi connectivity index (χ4n) is 1.32. The molecule has 1 heterocycles. The van der Waals surface area contributed by atoms with E-state index in [0.717, 1.165) is 11.0 Å². The first kappa shape index (κ1) is 10.0. The van der Waals surface area contributed by atoms with Crippen molar-refractivity contribution in [3.63, 3.8) is 0 Å². The summed E-state index contributed by atoms with van der Waals surface area (Å²) in [6, 6.07) is 7.53. The fourth-order valence-corrected chi connectivity index (χ4v) is 1.32. The van der Waals surface area contributed by atoms with Crippen LogP contribution in [0.3, 0.4) is 0 Å². The fraction of sp³-hybridized carbons (Fsp3) is 0.273. The lowest BCUT2D eigenvalue weighted by Gasteiger charge is -2.19. The largest absolute Gasteiger partial charge is 0.382 e. The summed E-state index contributed by atoms with van der Waals surface area (Å²) < 4.78 is 0. The third kappa shape index (κ3) is 1.82. The van der Waals surface area contributed by atoms with Crippen molar-refractivity contribution in [2.75, 3.05) is 6.54 Å². The topological polar surface area (TPSA) is 72.0 Å². The average Bonchev–Trinajstić information content (AvgIpc) is 2.28. The van der Waals surface area contributed by atoms with Gasteiger partial charge >= 0.3 is 0 Å². The Morgan fingerprint density at radius 1 is 1.33 bits per heavy atom. The van der Waals surface area contributed by atoms with Gasteiger partial charge in [-0.1, -0.05) is 12.1 Å². The Morgan fingerprint density at radius 2 is 2.00 bits per heavy atom. The maximum Gasteiger partial charge on any atom is 0.117 e. The molecule has 0 spiro atoms. The molecule has 2 rings (SSSR count). The zero-order chi connectivity index (χ0) is 10.9. The molecule has 4 nitrogen and oxygen atoms in total. The minimum atomic E-state index is -1.11. The first-order valence-electron chi connectivity index (χ1n) is 4.78. The molecular formula is C11H13N3O. The minimum Gasteiger partial charge on any atom is -0.382 e. The van der Waals surface area contributed by atoms with Crippen LogP contribution in [0.4, 0.5) is 0 Å². The van der Waals surface area contributed by atoms with Gasteiger partial charge in [0.1, 0.15) is 5.60 Å². The van der Waals surface area contributed by atoms with Crippen molar-refractivity contribution < 1.29 is 5.11 Å². The Hall–Kier alpha value is -1.52. The van der Waals surface area contributed by atoms with E-state index in [4.69, 9.17) is 5.73 Å². The van der Waals surface area contributed by atoms with Crippen LogP contribution in [0.1, 0.15) is 12.6 Å². The molecule has 1 aromatic carbocycles. The van der Waals surface area contributed by atoms with Gasteiger partial charge in [0, 0.05) is 6.54 Å². The number of benzene rings is 1. The molecule has 3 N–H and O–H groups in total. The Kier molecular flexibility index (Phi) is 2.38. The lowest BCUT2D eigenvalue weighted by molar-refractivity contribution is 0.0622. The van der Waals surface area contributed by atoms with E-state index in [1.165, 1.54) is 0 Å². The van der Waals surface area contributed by atoms with E-state index >= 15 is 0 Å². The van der Waals surface area contributed by atoms with Gasteiger partial charge in [-0.15, -0.1) is 0 Å². The Labute approximate surface area is 87.8 Å². The maximum absolute atomic E-state index is 9.93. The smallest absolute Gasteiger partial charge is 0.117 e. The summed E-state index contributed by atoms with van der Waals surface area (Å²) in [6.07, 6.45) is 1.56.